The number of nitrogens with zero attached hydrogens (tertiary/aromatic N) is 1. The number of hydrogen-bond donors (Lipinski definition) is 3. The van der Waals surface area contributed by atoms with Gasteiger partial charge in [0.25, 0.3) is 5.91 Å². The molecule has 8 nitrogen and oxygen atoms in total. The lowest BCUT2D eigenvalue weighted by molar-refractivity contribution is 0.0600. The van der Waals surface area contributed by atoms with Crippen LogP contribution in [0.4, 0.5) is 0 Å². The molecular weight excluding hydrogens is 681 g/mol. The Balaban J connectivity index is 0.000000261. The summed E-state index contributed by atoms with van der Waals surface area (Å²) in [5.74, 6) is -0.764. The van der Waals surface area contributed by atoms with E-state index in [-0.39, 0.29) is 28.1 Å². The van der Waals surface area contributed by atoms with Crippen molar-refractivity contribution >= 4 is 46.0 Å². The third-order valence-electron chi connectivity index (χ3n) is 8.22. The molecule has 0 aliphatic rings. The van der Waals surface area contributed by atoms with Gasteiger partial charge in [0.1, 0.15) is 11.5 Å². The average molecular weight is 725 g/mol. The molecule has 3 N–H and O–H groups in total. The summed E-state index contributed by atoms with van der Waals surface area (Å²) in [4.78, 5) is 36.7. The first-order valence-corrected chi connectivity index (χ1v) is 18.0. The number of rotatable bonds is 7. The van der Waals surface area contributed by atoms with Crippen LogP contribution in [0.15, 0.2) is 88.7 Å². The number of Topliss-reactive ketones (excluding diaryl/α,β-unsaturated/α-hetero) is 1. The SMILES string of the molecule is CC(=O)c1csc(-c2ccc(C(C)(C)C)cc2)c1O.COC(=O)c1ccc(C(=O)NN=C(C)c2csc(-c3ccc(C(C)(C)C)cc3)c2O)cc1. The van der Waals surface area contributed by atoms with Crippen molar-refractivity contribution in [2.75, 3.05) is 7.11 Å². The van der Waals surface area contributed by atoms with Crippen LogP contribution in [0.2, 0.25) is 0 Å². The standard InChI is InChI=1S/C25H26N2O4S.C16H18O2S/c1-15(26-27-23(29)17-6-8-18(9-7-17)24(30)31-5)20-14-32-22(21(20)28)16-10-12-19(13-11-16)25(2,3)4;1-10(17)13-9-19-15(14(13)18)11-5-7-12(8-6-11)16(2,3)4/h6-14,28H,1-5H3,(H,27,29);5-9,18H,1-4H3. The van der Waals surface area contributed by atoms with Crippen LogP contribution in [0.5, 0.6) is 11.5 Å². The number of aromatic hydroxyl groups is 2. The molecule has 5 aromatic rings. The van der Waals surface area contributed by atoms with E-state index in [1.54, 1.807) is 12.3 Å². The summed E-state index contributed by atoms with van der Waals surface area (Å²) < 4.78 is 4.65. The number of esters is 1. The maximum absolute atomic E-state index is 12.4. The van der Waals surface area contributed by atoms with Gasteiger partial charge in [-0.15, -0.1) is 22.7 Å². The molecule has 0 saturated carbocycles. The van der Waals surface area contributed by atoms with E-state index in [1.807, 2.05) is 29.6 Å². The highest BCUT2D eigenvalue weighted by Gasteiger charge is 2.19. The zero-order chi connectivity index (χ0) is 37.7. The molecule has 2 heterocycles. The van der Waals surface area contributed by atoms with Gasteiger partial charge in [0.15, 0.2) is 5.78 Å². The Morgan fingerprint density at radius 2 is 1.06 bits per heavy atom. The van der Waals surface area contributed by atoms with E-state index < -0.39 is 11.9 Å². The monoisotopic (exact) mass is 724 g/mol. The second-order valence-electron chi connectivity index (χ2n) is 14.1. The summed E-state index contributed by atoms with van der Waals surface area (Å²) in [6, 6.07) is 22.3. The largest absolute Gasteiger partial charge is 0.506 e. The highest BCUT2D eigenvalue weighted by molar-refractivity contribution is 7.14. The molecule has 0 unspecified atom stereocenters. The van der Waals surface area contributed by atoms with Gasteiger partial charge >= 0.3 is 5.97 Å². The van der Waals surface area contributed by atoms with E-state index in [4.69, 9.17) is 0 Å². The van der Waals surface area contributed by atoms with Crippen molar-refractivity contribution in [3.8, 4) is 32.4 Å². The van der Waals surface area contributed by atoms with Crippen LogP contribution in [0.3, 0.4) is 0 Å². The van der Waals surface area contributed by atoms with E-state index in [2.05, 4.69) is 81.1 Å². The summed E-state index contributed by atoms with van der Waals surface area (Å²) in [5, 5.41) is 28.5. The van der Waals surface area contributed by atoms with Gasteiger partial charge in [0.05, 0.1) is 39.3 Å². The number of carbonyl (C=O) groups is 3. The average Bonchev–Trinajstić information content (AvgIpc) is 3.68. The van der Waals surface area contributed by atoms with Gasteiger partial charge < -0.3 is 14.9 Å². The molecule has 0 spiro atoms. The maximum atomic E-state index is 12.4. The van der Waals surface area contributed by atoms with Gasteiger partial charge in [-0.2, -0.15) is 5.10 Å². The van der Waals surface area contributed by atoms with E-state index in [9.17, 15) is 24.6 Å². The van der Waals surface area contributed by atoms with Crippen LogP contribution in [-0.4, -0.2) is 40.7 Å². The molecule has 266 valence electrons. The zero-order valence-corrected chi connectivity index (χ0v) is 32.0. The van der Waals surface area contributed by atoms with Crippen molar-refractivity contribution in [2.24, 2.45) is 5.10 Å². The van der Waals surface area contributed by atoms with E-state index in [0.29, 0.717) is 28.0 Å². The van der Waals surface area contributed by atoms with Crippen molar-refractivity contribution in [3.63, 3.8) is 0 Å². The van der Waals surface area contributed by atoms with Crippen molar-refractivity contribution in [3.05, 3.63) is 117 Å². The molecule has 0 aliphatic heterocycles. The Hall–Kier alpha value is -5.06. The molecule has 3 aromatic carbocycles. The van der Waals surface area contributed by atoms with E-state index >= 15 is 0 Å². The highest BCUT2D eigenvalue weighted by atomic mass is 32.1. The summed E-state index contributed by atoms with van der Waals surface area (Å²) in [7, 11) is 1.30. The number of carbonyl (C=O) groups excluding carboxylic acids is 3. The number of ketones is 1. The topological polar surface area (TPSA) is 125 Å². The minimum atomic E-state index is -0.470. The predicted octanol–water partition coefficient (Wildman–Crippen LogP) is 9.98. The lowest BCUT2D eigenvalue weighted by Gasteiger charge is -2.19. The number of amides is 1. The van der Waals surface area contributed by atoms with Crippen LogP contribution < -0.4 is 5.43 Å². The summed E-state index contributed by atoms with van der Waals surface area (Å²) in [6.07, 6.45) is 0. The fraction of sp³-hybridized carbons (Fsp3) is 0.268. The molecule has 0 saturated heterocycles. The molecule has 0 bridgehead atoms. The number of nitrogens with one attached hydrogen (secondary N) is 1. The number of ether oxygens (including phenoxy) is 1. The van der Waals surface area contributed by atoms with Crippen LogP contribution >= 0.6 is 22.7 Å². The maximum Gasteiger partial charge on any atom is 0.337 e. The van der Waals surface area contributed by atoms with Crippen molar-refractivity contribution < 1.29 is 29.3 Å². The predicted molar refractivity (Wildman–Crippen MR) is 208 cm³/mol. The van der Waals surface area contributed by atoms with Crippen molar-refractivity contribution in [2.45, 2.75) is 66.2 Å². The van der Waals surface area contributed by atoms with Crippen LogP contribution in [-0.2, 0) is 15.6 Å². The molecule has 5 rings (SSSR count). The molecular formula is C41H44N2O6S2. The van der Waals surface area contributed by atoms with Gasteiger partial charge in [-0.3, -0.25) is 9.59 Å². The van der Waals surface area contributed by atoms with Gasteiger partial charge in [0.2, 0.25) is 0 Å². The van der Waals surface area contributed by atoms with Crippen LogP contribution in [0, 0.1) is 0 Å². The highest BCUT2D eigenvalue weighted by Crippen LogP contribution is 2.40. The fourth-order valence-electron chi connectivity index (χ4n) is 5.00. The molecule has 0 fully saturated rings. The normalized spacial score (nSPS) is 11.7. The third-order valence-corrected chi connectivity index (χ3v) is 10.3. The molecule has 51 heavy (non-hydrogen) atoms. The first kappa shape index (κ1) is 38.7. The summed E-state index contributed by atoms with van der Waals surface area (Å²) >= 11 is 2.82. The van der Waals surface area contributed by atoms with Gasteiger partial charge in [-0.25, -0.2) is 10.2 Å². The first-order valence-electron chi connectivity index (χ1n) is 16.3. The Bertz CT molecular complexity index is 2040. The van der Waals surface area contributed by atoms with Crippen LogP contribution in [0.25, 0.3) is 20.9 Å². The lowest BCUT2D eigenvalue weighted by Crippen LogP contribution is -2.19. The number of methoxy groups -OCH3 is 1. The van der Waals surface area contributed by atoms with E-state index in [0.717, 1.165) is 20.9 Å². The summed E-state index contributed by atoms with van der Waals surface area (Å²) in [6.45, 7) is 16.2. The Labute approximate surface area is 307 Å². The first-order chi connectivity index (χ1) is 23.9. The quantitative estimate of drug-likeness (QED) is 0.0664. The van der Waals surface area contributed by atoms with E-state index in [1.165, 1.54) is 72.1 Å². The minimum absolute atomic E-state index is 0.0578. The Morgan fingerprint density at radius 3 is 1.45 bits per heavy atom. The summed E-state index contributed by atoms with van der Waals surface area (Å²) in [5.41, 5.74) is 9.15. The number of thiophene rings is 2. The number of hydrazone groups is 1. The fourth-order valence-corrected chi connectivity index (χ4v) is 7.02. The minimum Gasteiger partial charge on any atom is -0.506 e. The third kappa shape index (κ3) is 9.39. The second kappa shape index (κ2) is 15.9. The lowest BCUT2D eigenvalue weighted by atomic mass is 9.86. The second-order valence-corrected chi connectivity index (χ2v) is 15.8. The number of benzene rings is 3. The molecule has 0 radical (unpaired) electrons. The molecule has 2 aromatic heterocycles. The number of hydrogen-bond acceptors (Lipinski definition) is 9. The molecule has 10 heteroatoms. The van der Waals surface area contributed by atoms with Crippen molar-refractivity contribution in [1.29, 1.82) is 0 Å². The Morgan fingerprint density at radius 1 is 0.647 bits per heavy atom. The molecule has 0 aliphatic carbocycles. The smallest absolute Gasteiger partial charge is 0.337 e. The molecule has 1 amide bonds. The zero-order valence-electron chi connectivity index (χ0n) is 30.4. The molecule has 0 atom stereocenters. The Kier molecular flexibility index (Phi) is 12.1. The van der Waals surface area contributed by atoms with Gasteiger partial charge in [-0.1, -0.05) is 90.1 Å². The van der Waals surface area contributed by atoms with Gasteiger partial charge in [0, 0.05) is 16.3 Å². The van der Waals surface area contributed by atoms with Crippen molar-refractivity contribution in [1.82, 2.24) is 5.43 Å². The van der Waals surface area contributed by atoms with Gasteiger partial charge in [-0.05, 0) is 71.2 Å². The van der Waals surface area contributed by atoms with Crippen LogP contribution in [0.1, 0.15) is 103 Å².